The van der Waals surface area contributed by atoms with Crippen molar-refractivity contribution in [3.05, 3.63) is 40.2 Å². The smallest absolute Gasteiger partial charge is 0.211 e. The zero-order valence-corrected chi connectivity index (χ0v) is 16.4. The quantitative estimate of drug-likeness (QED) is 0.308. The topological polar surface area (TPSA) is 82.3 Å². The molecule has 2 atom stereocenters. The Labute approximate surface area is 144 Å². The van der Waals surface area contributed by atoms with E-state index in [1.807, 2.05) is 0 Å². The van der Waals surface area contributed by atoms with Crippen molar-refractivity contribution in [2.24, 2.45) is 5.41 Å². The number of carbonyl (C=O) groups is 1. The zero-order chi connectivity index (χ0) is 18.6. The highest BCUT2D eigenvalue weighted by Crippen LogP contribution is 2.40. The van der Waals surface area contributed by atoms with E-state index < -0.39 is 19.7 Å². The van der Waals surface area contributed by atoms with Crippen LogP contribution in [0.2, 0.25) is 18.1 Å². The molecule has 0 aromatic carbocycles. The monoisotopic (exact) mass is 352 g/mol. The highest BCUT2D eigenvalue weighted by atomic mass is 28.4. The van der Waals surface area contributed by atoms with Gasteiger partial charge in [0.05, 0.1) is 11.3 Å². The summed E-state index contributed by atoms with van der Waals surface area (Å²) in [6.07, 6.45) is 3.99. The van der Waals surface area contributed by atoms with Gasteiger partial charge in [-0.2, -0.15) is 0 Å². The zero-order valence-electron chi connectivity index (χ0n) is 15.4. The highest BCUT2D eigenvalue weighted by Gasteiger charge is 2.43. The lowest BCUT2D eigenvalue weighted by molar-refractivity contribution is -0.485. The molecular weight excluding hydrogens is 324 g/mol. The van der Waals surface area contributed by atoms with E-state index in [-0.39, 0.29) is 23.1 Å². The van der Waals surface area contributed by atoms with Crippen LogP contribution >= 0.6 is 0 Å². The van der Waals surface area contributed by atoms with Crippen molar-refractivity contribution in [2.75, 3.05) is 13.2 Å². The Kier molecular flexibility index (Phi) is 6.41. The van der Waals surface area contributed by atoms with Crippen molar-refractivity contribution in [1.82, 2.24) is 4.98 Å². The fourth-order valence-corrected chi connectivity index (χ4v) is 3.30. The second-order valence-electron chi connectivity index (χ2n) is 8.03. The summed E-state index contributed by atoms with van der Waals surface area (Å²) in [5, 5.41) is 11.1. The van der Waals surface area contributed by atoms with Gasteiger partial charge in [0.15, 0.2) is 8.32 Å². The number of pyridine rings is 1. The molecule has 0 amide bonds. The van der Waals surface area contributed by atoms with E-state index in [1.165, 1.54) is 0 Å². The van der Waals surface area contributed by atoms with Crippen LogP contribution in [-0.2, 0) is 9.22 Å². The van der Waals surface area contributed by atoms with Crippen molar-refractivity contribution in [3.8, 4) is 0 Å². The van der Waals surface area contributed by atoms with Gasteiger partial charge < -0.3 is 9.22 Å². The Morgan fingerprint density at radius 1 is 1.38 bits per heavy atom. The summed E-state index contributed by atoms with van der Waals surface area (Å²) >= 11 is 0. The first-order valence-electron chi connectivity index (χ1n) is 8.05. The van der Waals surface area contributed by atoms with E-state index in [1.54, 1.807) is 31.5 Å². The van der Waals surface area contributed by atoms with E-state index in [0.717, 1.165) is 6.29 Å². The van der Waals surface area contributed by atoms with Gasteiger partial charge in [-0.3, -0.25) is 15.1 Å². The summed E-state index contributed by atoms with van der Waals surface area (Å²) in [7, 11) is -2.06. The minimum atomic E-state index is -2.06. The second-order valence-corrected chi connectivity index (χ2v) is 12.8. The number of hydrogen-bond donors (Lipinski definition) is 0. The Bertz CT molecular complexity index is 572. The molecule has 0 saturated heterocycles. The molecule has 0 aliphatic carbocycles. The number of nitrogens with zero attached hydrogens (tertiary/aromatic N) is 2. The molecule has 7 heteroatoms. The van der Waals surface area contributed by atoms with Crippen molar-refractivity contribution in [3.63, 3.8) is 0 Å². The van der Waals surface area contributed by atoms with Crippen molar-refractivity contribution >= 4 is 14.6 Å². The molecule has 0 unspecified atom stereocenters. The lowest BCUT2D eigenvalue weighted by Crippen LogP contribution is -2.46. The SMILES string of the molecule is CC(C)(C)[Si](C)(C)OC[C@@](C)(C=O)[C@H](C[N+](=O)[O-])c1cccnc1. The summed E-state index contributed by atoms with van der Waals surface area (Å²) in [6.45, 7) is 12.1. The molecule has 0 N–H and O–H groups in total. The third-order valence-corrected chi connectivity index (χ3v) is 9.51. The predicted molar refractivity (Wildman–Crippen MR) is 96.2 cm³/mol. The fraction of sp³-hybridized carbons (Fsp3) is 0.647. The summed E-state index contributed by atoms with van der Waals surface area (Å²) in [4.78, 5) is 26.7. The van der Waals surface area contributed by atoms with E-state index in [9.17, 15) is 14.9 Å². The highest BCUT2D eigenvalue weighted by molar-refractivity contribution is 6.74. The average Bonchev–Trinajstić information content (AvgIpc) is 2.50. The van der Waals surface area contributed by atoms with E-state index >= 15 is 0 Å². The number of carbonyl (C=O) groups excluding carboxylic acids is 1. The average molecular weight is 353 g/mol. The standard InChI is InChI=1S/C17H28N2O4Si/c1-16(2,3)24(5,6)23-13-17(4,12-20)15(11-19(21)22)14-8-7-9-18-10-14/h7-10,12,15H,11,13H2,1-6H3/t15-,17-/m1/s1. The molecule has 0 bridgehead atoms. The molecule has 134 valence electrons. The maximum atomic E-state index is 11.9. The minimum absolute atomic E-state index is 0.00367. The third kappa shape index (κ3) is 4.94. The summed E-state index contributed by atoms with van der Waals surface area (Å²) in [5.74, 6) is -0.580. The van der Waals surface area contributed by atoms with Gasteiger partial charge >= 0.3 is 0 Å². The van der Waals surface area contributed by atoms with Gasteiger partial charge in [-0.25, -0.2) is 0 Å². The van der Waals surface area contributed by atoms with Crippen LogP contribution in [0, 0.1) is 15.5 Å². The molecule has 0 radical (unpaired) electrons. The predicted octanol–water partition coefficient (Wildman–Crippen LogP) is 3.67. The molecule has 1 rings (SSSR count). The Morgan fingerprint density at radius 2 is 2.00 bits per heavy atom. The van der Waals surface area contributed by atoms with Crippen LogP contribution in [0.1, 0.15) is 39.2 Å². The second kappa shape index (κ2) is 7.52. The largest absolute Gasteiger partial charge is 0.416 e. The maximum absolute atomic E-state index is 11.9. The lowest BCUT2D eigenvalue weighted by Gasteiger charge is -2.40. The van der Waals surface area contributed by atoms with Gasteiger partial charge in [0, 0.05) is 23.9 Å². The van der Waals surface area contributed by atoms with E-state index in [2.05, 4.69) is 38.8 Å². The van der Waals surface area contributed by atoms with Crippen LogP contribution < -0.4 is 0 Å². The Morgan fingerprint density at radius 3 is 2.42 bits per heavy atom. The van der Waals surface area contributed by atoms with E-state index in [0.29, 0.717) is 5.56 Å². The first-order valence-corrected chi connectivity index (χ1v) is 11.0. The molecule has 0 saturated carbocycles. The van der Waals surface area contributed by atoms with Gasteiger partial charge in [-0.1, -0.05) is 26.8 Å². The normalized spacial score (nSPS) is 16.2. The molecule has 0 aliphatic heterocycles. The molecule has 0 aliphatic rings. The maximum Gasteiger partial charge on any atom is 0.211 e. The molecule has 0 fully saturated rings. The molecular formula is C17H28N2O4Si. The van der Waals surface area contributed by atoms with Crippen molar-refractivity contribution in [2.45, 2.75) is 51.7 Å². The van der Waals surface area contributed by atoms with Crippen LogP contribution in [0.4, 0.5) is 0 Å². The van der Waals surface area contributed by atoms with Gasteiger partial charge in [-0.15, -0.1) is 0 Å². The summed E-state index contributed by atoms with van der Waals surface area (Å²) in [5.41, 5.74) is -0.298. The first-order chi connectivity index (χ1) is 10.9. The number of nitro groups is 1. The van der Waals surface area contributed by atoms with Crippen LogP contribution in [0.25, 0.3) is 0 Å². The lowest BCUT2D eigenvalue weighted by atomic mass is 9.75. The van der Waals surface area contributed by atoms with Crippen LogP contribution in [0.3, 0.4) is 0 Å². The number of rotatable bonds is 8. The van der Waals surface area contributed by atoms with Gasteiger partial charge in [0.2, 0.25) is 6.54 Å². The van der Waals surface area contributed by atoms with E-state index in [4.69, 9.17) is 4.43 Å². The molecule has 0 spiro atoms. The third-order valence-electron chi connectivity index (χ3n) is 5.03. The fourth-order valence-electron chi connectivity index (χ4n) is 2.20. The number of aldehydes is 1. The summed E-state index contributed by atoms with van der Waals surface area (Å²) in [6, 6.07) is 3.50. The molecule has 6 nitrogen and oxygen atoms in total. The Hall–Kier alpha value is -1.60. The van der Waals surface area contributed by atoms with Crippen LogP contribution in [-0.4, -0.2) is 37.7 Å². The van der Waals surface area contributed by atoms with Gasteiger partial charge in [0.1, 0.15) is 6.29 Å². The van der Waals surface area contributed by atoms with Crippen LogP contribution in [0.5, 0.6) is 0 Å². The first kappa shape index (κ1) is 20.4. The van der Waals surface area contributed by atoms with Crippen molar-refractivity contribution < 1.29 is 14.1 Å². The van der Waals surface area contributed by atoms with Crippen LogP contribution in [0.15, 0.2) is 24.5 Å². The molecule has 24 heavy (non-hydrogen) atoms. The summed E-state index contributed by atoms with van der Waals surface area (Å²) < 4.78 is 6.20. The molecule has 1 heterocycles. The molecule has 1 aromatic heterocycles. The minimum Gasteiger partial charge on any atom is -0.416 e. The van der Waals surface area contributed by atoms with Gasteiger partial charge in [-0.05, 0) is 36.7 Å². The number of aromatic nitrogens is 1. The van der Waals surface area contributed by atoms with Crippen molar-refractivity contribution in [1.29, 1.82) is 0 Å². The Balaban J connectivity index is 3.11. The van der Waals surface area contributed by atoms with Gasteiger partial charge in [0.25, 0.3) is 0 Å². The molecule has 1 aromatic rings. The number of hydrogen-bond acceptors (Lipinski definition) is 5.